The predicted molar refractivity (Wildman–Crippen MR) is 69.2 cm³/mol. The molecule has 0 aliphatic heterocycles. The van der Waals surface area contributed by atoms with Crippen molar-refractivity contribution < 1.29 is 4.79 Å². The van der Waals surface area contributed by atoms with E-state index in [1.165, 1.54) is 0 Å². The van der Waals surface area contributed by atoms with Crippen LogP contribution in [0.1, 0.15) is 38.6 Å². The van der Waals surface area contributed by atoms with Gasteiger partial charge in [-0.3, -0.25) is 9.48 Å². The molecule has 0 radical (unpaired) electrons. The van der Waals surface area contributed by atoms with Crippen LogP contribution in [0.3, 0.4) is 0 Å². The number of hydrogen-bond acceptors (Lipinski definition) is 3. The number of aromatic nitrogens is 2. The Labute approximate surface area is 107 Å². The van der Waals surface area contributed by atoms with Crippen LogP contribution in [0.25, 0.3) is 0 Å². The molecule has 1 rings (SSSR count). The smallest absolute Gasteiger partial charge is 0.140 e. The fourth-order valence-corrected chi connectivity index (χ4v) is 2.13. The topological polar surface area (TPSA) is 60.9 Å². The third-order valence-corrected chi connectivity index (χ3v) is 2.96. The van der Waals surface area contributed by atoms with E-state index in [9.17, 15) is 4.79 Å². The average molecular weight is 258 g/mol. The Kier molecular flexibility index (Phi) is 4.33. The van der Waals surface area contributed by atoms with E-state index >= 15 is 0 Å². The number of Topliss-reactive ketones (excluding diaryl/α,β-unsaturated/α-hetero) is 1. The highest BCUT2D eigenvalue weighted by Gasteiger charge is 2.20. The summed E-state index contributed by atoms with van der Waals surface area (Å²) in [6.07, 6.45) is 1.40. The van der Waals surface area contributed by atoms with Crippen LogP contribution < -0.4 is 5.73 Å². The highest BCUT2D eigenvalue weighted by molar-refractivity contribution is 6.32. The number of aryl methyl sites for hydroxylation is 2. The SMILES string of the molecule is CCc1nn(C)c(CC(=O)CC(C)(C)N)c1Cl. The van der Waals surface area contributed by atoms with E-state index in [2.05, 4.69) is 5.10 Å². The van der Waals surface area contributed by atoms with Crippen molar-refractivity contribution in [2.24, 2.45) is 12.8 Å². The van der Waals surface area contributed by atoms with Gasteiger partial charge in [0.1, 0.15) is 5.78 Å². The Morgan fingerprint density at radius 2 is 2.12 bits per heavy atom. The molecule has 0 aliphatic rings. The van der Waals surface area contributed by atoms with Gasteiger partial charge in [-0.1, -0.05) is 18.5 Å². The Morgan fingerprint density at radius 1 is 1.53 bits per heavy atom. The second kappa shape index (κ2) is 5.19. The van der Waals surface area contributed by atoms with Crippen LogP contribution in [0.2, 0.25) is 5.02 Å². The van der Waals surface area contributed by atoms with Crippen LogP contribution in [0.15, 0.2) is 0 Å². The van der Waals surface area contributed by atoms with E-state index in [1.807, 2.05) is 20.8 Å². The molecule has 0 amide bonds. The van der Waals surface area contributed by atoms with E-state index in [0.29, 0.717) is 17.9 Å². The number of ketones is 1. The molecule has 0 aromatic carbocycles. The minimum absolute atomic E-state index is 0.0880. The van der Waals surface area contributed by atoms with Crippen molar-refractivity contribution in [2.75, 3.05) is 0 Å². The van der Waals surface area contributed by atoms with Crippen LogP contribution in [-0.4, -0.2) is 21.1 Å². The molecule has 1 aromatic rings. The minimum Gasteiger partial charge on any atom is -0.325 e. The monoisotopic (exact) mass is 257 g/mol. The molecule has 0 bridgehead atoms. The first kappa shape index (κ1) is 14.2. The van der Waals surface area contributed by atoms with Crippen molar-refractivity contribution in [1.82, 2.24) is 9.78 Å². The summed E-state index contributed by atoms with van der Waals surface area (Å²) in [5.74, 6) is 0.0880. The van der Waals surface area contributed by atoms with Crippen LogP contribution in [0, 0.1) is 0 Å². The Balaban J connectivity index is 2.82. The number of carbonyl (C=O) groups is 1. The Bertz CT molecular complexity index is 418. The molecule has 4 nitrogen and oxygen atoms in total. The van der Waals surface area contributed by atoms with Gasteiger partial charge in [0.15, 0.2) is 0 Å². The predicted octanol–water partition coefficient (Wildman–Crippen LogP) is 1.87. The lowest BCUT2D eigenvalue weighted by molar-refractivity contribution is -0.119. The standard InChI is InChI=1S/C12H20ClN3O/c1-5-9-11(13)10(16(4)15-9)6-8(17)7-12(2,3)14/h5-7,14H2,1-4H3. The second-order valence-electron chi connectivity index (χ2n) is 5.07. The summed E-state index contributed by atoms with van der Waals surface area (Å²) in [6, 6.07) is 0. The fourth-order valence-electron chi connectivity index (χ4n) is 1.77. The number of carbonyl (C=O) groups excluding carboxylic acids is 1. The van der Waals surface area contributed by atoms with Gasteiger partial charge in [0.05, 0.1) is 16.4 Å². The quantitative estimate of drug-likeness (QED) is 0.876. The number of rotatable bonds is 5. The van der Waals surface area contributed by atoms with Crippen molar-refractivity contribution in [1.29, 1.82) is 0 Å². The third kappa shape index (κ3) is 3.82. The van der Waals surface area contributed by atoms with Crippen LogP contribution in [-0.2, 0) is 24.7 Å². The van der Waals surface area contributed by atoms with Crippen molar-refractivity contribution in [2.45, 2.75) is 45.6 Å². The zero-order valence-corrected chi connectivity index (χ0v) is 11.6. The van der Waals surface area contributed by atoms with Gasteiger partial charge >= 0.3 is 0 Å². The van der Waals surface area contributed by atoms with Gasteiger partial charge in [-0.15, -0.1) is 0 Å². The summed E-state index contributed by atoms with van der Waals surface area (Å²) in [5, 5.41) is 4.89. The molecule has 0 saturated heterocycles. The number of halogens is 1. The maximum Gasteiger partial charge on any atom is 0.140 e. The van der Waals surface area contributed by atoms with Crippen molar-refractivity contribution in [3.8, 4) is 0 Å². The molecule has 0 spiro atoms. The largest absolute Gasteiger partial charge is 0.325 e. The molecule has 17 heavy (non-hydrogen) atoms. The van der Waals surface area contributed by atoms with Gasteiger partial charge in [-0.05, 0) is 20.3 Å². The lowest BCUT2D eigenvalue weighted by Gasteiger charge is -2.16. The summed E-state index contributed by atoms with van der Waals surface area (Å²) >= 11 is 6.18. The highest BCUT2D eigenvalue weighted by Crippen LogP contribution is 2.22. The first-order valence-corrected chi connectivity index (χ1v) is 6.13. The van der Waals surface area contributed by atoms with Gasteiger partial charge in [-0.2, -0.15) is 5.10 Å². The minimum atomic E-state index is -0.476. The summed E-state index contributed by atoms with van der Waals surface area (Å²) in [5.41, 5.74) is 6.96. The van der Waals surface area contributed by atoms with E-state index in [4.69, 9.17) is 17.3 Å². The maximum atomic E-state index is 11.9. The molecule has 0 atom stereocenters. The molecule has 0 fully saturated rings. The molecule has 1 aromatic heterocycles. The number of hydrogen-bond donors (Lipinski definition) is 1. The molecular formula is C12H20ClN3O. The number of nitrogens with zero attached hydrogens (tertiary/aromatic N) is 2. The lowest BCUT2D eigenvalue weighted by Crippen LogP contribution is -2.35. The Morgan fingerprint density at radius 3 is 2.53 bits per heavy atom. The molecule has 0 saturated carbocycles. The normalized spacial score (nSPS) is 11.9. The fraction of sp³-hybridized carbons (Fsp3) is 0.667. The van der Waals surface area contributed by atoms with Crippen LogP contribution in [0.5, 0.6) is 0 Å². The van der Waals surface area contributed by atoms with Gasteiger partial charge in [-0.25, -0.2) is 0 Å². The van der Waals surface area contributed by atoms with Gasteiger partial charge in [0.25, 0.3) is 0 Å². The summed E-state index contributed by atoms with van der Waals surface area (Å²) in [6.45, 7) is 5.67. The molecule has 2 N–H and O–H groups in total. The van der Waals surface area contributed by atoms with E-state index in [1.54, 1.807) is 11.7 Å². The second-order valence-corrected chi connectivity index (χ2v) is 5.44. The molecular weight excluding hydrogens is 238 g/mol. The number of nitrogens with two attached hydrogens (primary N) is 1. The maximum absolute atomic E-state index is 11.9. The summed E-state index contributed by atoms with van der Waals surface area (Å²) in [7, 11) is 1.81. The Hall–Kier alpha value is -0.870. The molecule has 1 heterocycles. The van der Waals surface area contributed by atoms with Gasteiger partial charge in [0, 0.05) is 25.4 Å². The molecule has 0 aliphatic carbocycles. The highest BCUT2D eigenvalue weighted by atomic mass is 35.5. The van der Waals surface area contributed by atoms with Crippen molar-refractivity contribution >= 4 is 17.4 Å². The zero-order chi connectivity index (χ0) is 13.2. The first-order chi connectivity index (χ1) is 7.74. The third-order valence-electron chi connectivity index (χ3n) is 2.52. The van der Waals surface area contributed by atoms with Crippen molar-refractivity contribution in [3.05, 3.63) is 16.4 Å². The van der Waals surface area contributed by atoms with Crippen molar-refractivity contribution in [3.63, 3.8) is 0 Å². The van der Waals surface area contributed by atoms with E-state index in [-0.39, 0.29) is 5.78 Å². The molecule has 5 heteroatoms. The first-order valence-electron chi connectivity index (χ1n) is 5.75. The summed E-state index contributed by atoms with van der Waals surface area (Å²) in [4.78, 5) is 11.9. The lowest BCUT2D eigenvalue weighted by atomic mass is 9.97. The zero-order valence-electron chi connectivity index (χ0n) is 10.9. The van der Waals surface area contributed by atoms with Crippen LogP contribution >= 0.6 is 11.6 Å². The van der Waals surface area contributed by atoms with E-state index < -0.39 is 5.54 Å². The van der Waals surface area contributed by atoms with Gasteiger partial charge in [0.2, 0.25) is 0 Å². The average Bonchev–Trinajstić information content (AvgIpc) is 2.42. The van der Waals surface area contributed by atoms with Crippen LogP contribution in [0.4, 0.5) is 0 Å². The van der Waals surface area contributed by atoms with Gasteiger partial charge < -0.3 is 5.73 Å². The molecule has 96 valence electrons. The van der Waals surface area contributed by atoms with E-state index in [0.717, 1.165) is 17.8 Å². The molecule has 0 unspecified atom stereocenters. The summed E-state index contributed by atoms with van der Waals surface area (Å²) < 4.78 is 1.68.